The fraction of sp³-hybridized carbons (Fsp3) is 0.318. The largest absolute Gasteiger partial charge is 0.339 e. The minimum Gasteiger partial charge on any atom is -0.339 e. The summed E-state index contributed by atoms with van der Waals surface area (Å²) in [7, 11) is 0. The number of aromatic amines is 1. The lowest BCUT2D eigenvalue weighted by atomic mass is 9.89. The molecule has 3 aromatic rings. The van der Waals surface area contributed by atoms with E-state index in [1.165, 1.54) is 12.1 Å². The van der Waals surface area contributed by atoms with Crippen molar-refractivity contribution in [3.8, 4) is 11.1 Å². The molecule has 5 nitrogen and oxygen atoms in total. The molecule has 4 rings (SSSR count). The number of benzene rings is 1. The van der Waals surface area contributed by atoms with Crippen molar-refractivity contribution in [1.82, 2.24) is 20.1 Å². The highest BCUT2D eigenvalue weighted by molar-refractivity contribution is 5.94. The molecule has 1 saturated heterocycles. The number of likely N-dealkylation sites (tertiary alicyclic amines) is 1. The van der Waals surface area contributed by atoms with Gasteiger partial charge in [-0.1, -0.05) is 19.1 Å². The fourth-order valence-corrected chi connectivity index (χ4v) is 3.85. The highest BCUT2D eigenvalue weighted by Gasteiger charge is 2.27. The van der Waals surface area contributed by atoms with Crippen molar-refractivity contribution in [3.05, 3.63) is 71.6 Å². The number of nitrogens with one attached hydrogen (secondary N) is 1. The topological polar surface area (TPSA) is 61.9 Å². The lowest BCUT2D eigenvalue weighted by Crippen LogP contribution is -2.38. The predicted octanol–water partition coefficient (Wildman–Crippen LogP) is 4.19. The summed E-state index contributed by atoms with van der Waals surface area (Å²) < 4.78 is 13.6. The molecule has 1 aromatic carbocycles. The third kappa shape index (κ3) is 3.67. The third-order valence-electron chi connectivity index (χ3n) is 5.42. The Morgan fingerprint density at radius 3 is 2.82 bits per heavy atom. The fourth-order valence-electron chi connectivity index (χ4n) is 3.85. The van der Waals surface area contributed by atoms with E-state index in [0.29, 0.717) is 18.7 Å². The molecule has 0 radical (unpaired) electrons. The van der Waals surface area contributed by atoms with Crippen molar-refractivity contribution in [2.24, 2.45) is 0 Å². The van der Waals surface area contributed by atoms with Crippen molar-refractivity contribution >= 4 is 5.91 Å². The zero-order chi connectivity index (χ0) is 19.5. The van der Waals surface area contributed by atoms with E-state index in [1.54, 1.807) is 24.5 Å². The molecule has 0 atom stereocenters. The zero-order valence-corrected chi connectivity index (χ0v) is 15.9. The van der Waals surface area contributed by atoms with Gasteiger partial charge in [0.15, 0.2) is 0 Å². The van der Waals surface area contributed by atoms with Gasteiger partial charge in [-0.05, 0) is 49.1 Å². The molecular formula is C22H23FN4O. The molecule has 0 bridgehead atoms. The van der Waals surface area contributed by atoms with E-state index in [2.05, 4.69) is 15.2 Å². The van der Waals surface area contributed by atoms with Crippen LogP contribution in [-0.2, 0) is 6.42 Å². The van der Waals surface area contributed by atoms with Crippen molar-refractivity contribution in [3.63, 3.8) is 0 Å². The van der Waals surface area contributed by atoms with Crippen LogP contribution in [0, 0.1) is 5.82 Å². The van der Waals surface area contributed by atoms with E-state index in [0.717, 1.165) is 41.8 Å². The molecule has 1 amide bonds. The van der Waals surface area contributed by atoms with Crippen LogP contribution >= 0.6 is 0 Å². The van der Waals surface area contributed by atoms with Crippen LogP contribution in [0.4, 0.5) is 4.39 Å². The van der Waals surface area contributed by atoms with E-state index in [1.807, 2.05) is 24.0 Å². The van der Waals surface area contributed by atoms with Crippen LogP contribution in [0.25, 0.3) is 11.1 Å². The number of rotatable bonds is 4. The first-order valence-electron chi connectivity index (χ1n) is 9.69. The Bertz CT molecular complexity index is 976. The van der Waals surface area contributed by atoms with E-state index in [4.69, 9.17) is 0 Å². The van der Waals surface area contributed by atoms with Crippen molar-refractivity contribution < 1.29 is 9.18 Å². The van der Waals surface area contributed by atoms with Gasteiger partial charge in [0.05, 0.1) is 6.20 Å². The number of hydrogen-bond acceptors (Lipinski definition) is 3. The third-order valence-corrected chi connectivity index (χ3v) is 5.42. The summed E-state index contributed by atoms with van der Waals surface area (Å²) in [6, 6.07) is 10.2. The van der Waals surface area contributed by atoms with Gasteiger partial charge in [-0.15, -0.1) is 0 Å². The first-order valence-corrected chi connectivity index (χ1v) is 9.69. The van der Waals surface area contributed by atoms with Gasteiger partial charge in [-0.25, -0.2) is 4.39 Å². The number of hydrogen-bond donors (Lipinski definition) is 1. The summed E-state index contributed by atoms with van der Waals surface area (Å²) in [5.41, 5.74) is 4.41. The monoisotopic (exact) mass is 378 g/mol. The SMILES string of the molecule is CCc1cc(C(=O)N2CCC(c3[nH]ncc3-c3cccc(F)c3)CC2)ccn1. The molecule has 1 N–H and O–H groups in total. The Morgan fingerprint density at radius 1 is 1.25 bits per heavy atom. The Balaban J connectivity index is 1.46. The van der Waals surface area contributed by atoms with E-state index < -0.39 is 0 Å². The van der Waals surface area contributed by atoms with E-state index in [-0.39, 0.29) is 17.6 Å². The molecule has 1 aliphatic rings. The highest BCUT2D eigenvalue weighted by atomic mass is 19.1. The van der Waals surface area contributed by atoms with Gasteiger partial charge >= 0.3 is 0 Å². The highest BCUT2D eigenvalue weighted by Crippen LogP contribution is 2.34. The second-order valence-electron chi connectivity index (χ2n) is 7.16. The predicted molar refractivity (Wildman–Crippen MR) is 105 cm³/mol. The van der Waals surface area contributed by atoms with Crippen molar-refractivity contribution in [2.75, 3.05) is 13.1 Å². The molecule has 3 heterocycles. The Labute approximate surface area is 163 Å². The van der Waals surface area contributed by atoms with Crippen LogP contribution in [0.15, 0.2) is 48.8 Å². The second-order valence-corrected chi connectivity index (χ2v) is 7.16. The van der Waals surface area contributed by atoms with Crippen molar-refractivity contribution in [1.29, 1.82) is 0 Å². The molecule has 0 aliphatic carbocycles. The molecule has 1 aliphatic heterocycles. The minimum absolute atomic E-state index is 0.0607. The molecule has 0 unspecified atom stereocenters. The van der Waals surface area contributed by atoms with Gasteiger partial charge in [-0.3, -0.25) is 14.9 Å². The van der Waals surface area contributed by atoms with E-state index >= 15 is 0 Å². The summed E-state index contributed by atoms with van der Waals surface area (Å²) in [5.74, 6) is 0.0767. The molecule has 0 saturated carbocycles. The maximum atomic E-state index is 13.6. The van der Waals surface area contributed by atoms with Crippen LogP contribution < -0.4 is 0 Å². The quantitative estimate of drug-likeness (QED) is 0.740. The molecule has 2 aromatic heterocycles. The van der Waals surface area contributed by atoms with E-state index in [9.17, 15) is 9.18 Å². The molecule has 28 heavy (non-hydrogen) atoms. The molecule has 144 valence electrons. The van der Waals surface area contributed by atoms with Gasteiger partial charge < -0.3 is 4.90 Å². The Hall–Kier alpha value is -3.02. The van der Waals surface area contributed by atoms with Crippen LogP contribution in [0.5, 0.6) is 0 Å². The minimum atomic E-state index is -0.256. The van der Waals surface area contributed by atoms with Crippen LogP contribution in [-0.4, -0.2) is 39.1 Å². The number of amides is 1. The first kappa shape index (κ1) is 18.3. The number of pyridine rings is 1. The Kier molecular flexibility index (Phi) is 5.19. The number of halogens is 1. The normalized spacial score (nSPS) is 15.0. The number of piperidine rings is 1. The standard InChI is InChI=1S/C22H23FN4O/c1-2-19-13-17(6-9-24-19)22(28)27-10-7-15(8-11-27)21-20(14-25-26-21)16-4-3-5-18(23)12-16/h3-6,9,12-15H,2,7-8,10-11H2,1H3,(H,25,26). The molecule has 0 spiro atoms. The second kappa shape index (κ2) is 7.92. The average Bonchev–Trinajstić information content (AvgIpc) is 3.23. The number of nitrogens with zero attached hydrogens (tertiary/aromatic N) is 3. The first-order chi connectivity index (χ1) is 13.7. The maximum Gasteiger partial charge on any atom is 0.253 e. The van der Waals surface area contributed by atoms with Gasteiger partial charge in [0, 0.05) is 47.7 Å². The lowest BCUT2D eigenvalue weighted by molar-refractivity contribution is 0.0712. The summed E-state index contributed by atoms with van der Waals surface area (Å²) in [5, 5.41) is 7.29. The smallest absolute Gasteiger partial charge is 0.253 e. The molecular weight excluding hydrogens is 355 g/mol. The van der Waals surface area contributed by atoms with Gasteiger partial charge in [0.2, 0.25) is 0 Å². The summed E-state index contributed by atoms with van der Waals surface area (Å²) in [6.07, 6.45) is 5.97. The van der Waals surface area contributed by atoms with Crippen LogP contribution in [0.3, 0.4) is 0 Å². The van der Waals surface area contributed by atoms with Gasteiger partial charge in [0.1, 0.15) is 5.82 Å². The number of carbonyl (C=O) groups excluding carboxylic acids is 1. The number of aromatic nitrogens is 3. The number of carbonyl (C=O) groups is 1. The zero-order valence-electron chi connectivity index (χ0n) is 15.9. The number of H-pyrrole nitrogens is 1. The van der Waals surface area contributed by atoms with Crippen molar-refractivity contribution in [2.45, 2.75) is 32.1 Å². The number of aryl methyl sites for hydroxylation is 1. The maximum absolute atomic E-state index is 13.6. The average molecular weight is 378 g/mol. The molecule has 6 heteroatoms. The summed E-state index contributed by atoms with van der Waals surface area (Å²) in [4.78, 5) is 19.0. The van der Waals surface area contributed by atoms with Gasteiger partial charge in [-0.2, -0.15) is 5.10 Å². The lowest BCUT2D eigenvalue weighted by Gasteiger charge is -2.32. The summed E-state index contributed by atoms with van der Waals surface area (Å²) in [6.45, 7) is 3.41. The molecule has 1 fully saturated rings. The van der Waals surface area contributed by atoms with Crippen LogP contribution in [0.1, 0.15) is 47.4 Å². The van der Waals surface area contributed by atoms with Gasteiger partial charge in [0.25, 0.3) is 5.91 Å². The Morgan fingerprint density at radius 2 is 2.07 bits per heavy atom. The van der Waals surface area contributed by atoms with Crippen LogP contribution in [0.2, 0.25) is 0 Å². The summed E-state index contributed by atoms with van der Waals surface area (Å²) >= 11 is 0.